The Morgan fingerprint density at radius 1 is 1.22 bits per heavy atom. The van der Waals surface area contributed by atoms with Gasteiger partial charge in [0, 0.05) is 6.54 Å². The third-order valence-corrected chi connectivity index (χ3v) is 4.32. The molecule has 1 rings (SSSR count). The zero-order valence-electron chi connectivity index (χ0n) is 12.1. The van der Waals surface area contributed by atoms with Crippen molar-refractivity contribution in [2.24, 2.45) is 23.2 Å². The lowest BCUT2D eigenvalue weighted by atomic mass is 9.84. The van der Waals surface area contributed by atoms with Gasteiger partial charge in [0.2, 0.25) is 5.91 Å². The van der Waals surface area contributed by atoms with Gasteiger partial charge in [0.1, 0.15) is 5.41 Å². The van der Waals surface area contributed by atoms with Gasteiger partial charge in [-0.15, -0.1) is 0 Å². The van der Waals surface area contributed by atoms with Gasteiger partial charge in [0.25, 0.3) is 0 Å². The average Bonchev–Trinajstić information content (AvgIpc) is 2.77. The number of hydrogen-bond acceptors (Lipinski definition) is 2. The summed E-state index contributed by atoms with van der Waals surface area (Å²) in [5.41, 5.74) is -0.738. The van der Waals surface area contributed by atoms with Gasteiger partial charge in [-0.25, -0.2) is 0 Å². The first-order valence-corrected chi connectivity index (χ1v) is 7.12. The van der Waals surface area contributed by atoms with Crippen LogP contribution >= 0.6 is 0 Å². The van der Waals surface area contributed by atoms with Crippen molar-refractivity contribution in [2.45, 2.75) is 53.4 Å². The Morgan fingerprint density at radius 3 is 2.11 bits per heavy atom. The van der Waals surface area contributed by atoms with Gasteiger partial charge in [0.05, 0.1) is 6.07 Å². The molecular formula is C15H26N2O. The molecule has 0 aromatic heterocycles. The maximum absolute atomic E-state index is 12.2. The van der Waals surface area contributed by atoms with Gasteiger partial charge in [-0.3, -0.25) is 4.79 Å². The molecule has 1 fully saturated rings. The Hall–Kier alpha value is -1.04. The molecule has 0 aromatic carbocycles. The first kappa shape index (κ1) is 15.0. The van der Waals surface area contributed by atoms with Gasteiger partial charge in [-0.05, 0) is 30.6 Å². The molecule has 0 atom stereocenters. The lowest BCUT2D eigenvalue weighted by Gasteiger charge is -2.27. The van der Waals surface area contributed by atoms with Crippen molar-refractivity contribution in [2.75, 3.05) is 6.54 Å². The second-order valence-corrected chi connectivity index (χ2v) is 6.26. The molecule has 3 nitrogen and oxygen atoms in total. The lowest BCUT2D eigenvalue weighted by Crippen LogP contribution is -2.42. The third-order valence-electron chi connectivity index (χ3n) is 4.32. The third kappa shape index (κ3) is 3.25. The molecule has 0 bridgehead atoms. The summed E-state index contributed by atoms with van der Waals surface area (Å²) in [6.07, 6.45) is 3.45. The number of rotatable bonds is 5. The average molecular weight is 250 g/mol. The van der Waals surface area contributed by atoms with Gasteiger partial charge < -0.3 is 5.32 Å². The second kappa shape index (κ2) is 6.22. The molecule has 0 heterocycles. The molecule has 0 spiro atoms. The molecule has 0 aromatic rings. The summed E-state index contributed by atoms with van der Waals surface area (Å²) >= 11 is 0. The van der Waals surface area contributed by atoms with E-state index in [-0.39, 0.29) is 5.91 Å². The van der Waals surface area contributed by atoms with Crippen LogP contribution in [0.4, 0.5) is 0 Å². The Kier molecular flexibility index (Phi) is 5.19. The number of carbonyl (C=O) groups is 1. The number of carbonyl (C=O) groups excluding carboxylic acids is 1. The van der Waals surface area contributed by atoms with Crippen LogP contribution in [0, 0.1) is 34.5 Å². The normalized spacial score (nSPS) is 18.3. The van der Waals surface area contributed by atoms with Crippen molar-refractivity contribution in [3.63, 3.8) is 0 Å². The van der Waals surface area contributed by atoms with Gasteiger partial charge in [0.15, 0.2) is 0 Å². The Labute approximate surface area is 111 Å². The smallest absolute Gasteiger partial charge is 0.240 e. The van der Waals surface area contributed by atoms with Crippen molar-refractivity contribution in [3.8, 4) is 6.07 Å². The molecule has 102 valence electrons. The van der Waals surface area contributed by atoms with Crippen LogP contribution in [0.5, 0.6) is 0 Å². The van der Waals surface area contributed by atoms with Crippen molar-refractivity contribution < 1.29 is 4.79 Å². The van der Waals surface area contributed by atoms with E-state index in [0.717, 1.165) is 25.7 Å². The number of nitrogens with one attached hydrogen (secondary N) is 1. The van der Waals surface area contributed by atoms with Gasteiger partial charge in [-0.1, -0.05) is 40.5 Å². The summed E-state index contributed by atoms with van der Waals surface area (Å²) in [5.74, 6) is 1.53. The highest BCUT2D eigenvalue weighted by Crippen LogP contribution is 2.37. The molecule has 0 aliphatic heterocycles. The van der Waals surface area contributed by atoms with Crippen molar-refractivity contribution in [1.82, 2.24) is 5.32 Å². The van der Waals surface area contributed by atoms with E-state index in [9.17, 15) is 10.1 Å². The molecule has 1 saturated carbocycles. The van der Waals surface area contributed by atoms with E-state index >= 15 is 0 Å². The van der Waals surface area contributed by atoms with E-state index < -0.39 is 5.41 Å². The van der Waals surface area contributed by atoms with Crippen LogP contribution in [-0.2, 0) is 4.79 Å². The first-order valence-electron chi connectivity index (χ1n) is 7.12. The van der Waals surface area contributed by atoms with Crippen LogP contribution in [0.3, 0.4) is 0 Å². The molecule has 1 aliphatic rings. The summed E-state index contributed by atoms with van der Waals surface area (Å²) in [5, 5.41) is 12.3. The van der Waals surface area contributed by atoms with E-state index in [1.54, 1.807) is 0 Å². The number of nitriles is 1. The molecule has 3 heteroatoms. The standard InChI is InChI=1S/C15H26N2O/c1-11(2)13(12(3)4)9-17-14(18)15(10-16)7-5-6-8-15/h11-13H,5-9H2,1-4H3,(H,17,18). The molecular weight excluding hydrogens is 224 g/mol. The van der Waals surface area contributed by atoms with E-state index in [1.165, 1.54) is 0 Å². The molecule has 18 heavy (non-hydrogen) atoms. The minimum atomic E-state index is -0.738. The lowest BCUT2D eigenvalue weighted by molar-refractivity contribution is -0.128. The number of amides is 1. The maximum atomic E-state index is 12.2. The van der Waals surface area contributed by atoms with Crippen molar-refractivity contribution in [3.05, 3.63) is 0 Å². The predicted octanol–water partition coefficient (Wildman–Crippen LogP) is 3.11. The van der Waals surface area contributed by atoms with Gasteiger partial charge >= 0.3 is 0 Å². The molecule has 0 unspecified atom stereocenters. The molecule has 1 aliphatic carbocycles. The van der Waals surface area contributed by atoms with Gasteiger partial charge in [-0.2, -0.15) is 5.26 Å². The Bertz CT molecular complexity index is 314. The molecule has 1 amide bonds. The predicted molar refractivity (Wildman–Crippen MR) is 72.7 cm³/mol. The summed E-state index contributed by atoms with van der Waals surface area (Å²) in [4.78, 5) is 12.2. The SMILES string of the molecule is CC(C)C(CNC(=O)C1(C#N)CCCC1)C(C)C. The van der Waals surface area contributed by atoms with E-state index in [0.29, 0.717) is 24.3 Å². The second-order valence-electron chi connectivity index (χ2n) is 6.26. The topological polar surface area (TPSA) is 52.9 Å². The molecule has 0 saturated heterocycles. The zero-order valence-corrected chi connectivity index (χ0v) is 12.1. The highest BCUT2D eigenvalue weighted by molar-refractivity contribution is 5.85. The van der Waals surface area contributed by atoms with Crippen molar-refractivity contribution >= 4 is 5.91 Å². The summed E-state index contributed by atoms with van der Waals surface area (Å²) in [6, 6.07) is 2.25. The Balaban J connectivity index is 2.57. The molecule has 0 radical (unpaired) electrons. The van der Waals surface area contributed by atoms with Crippen molar-refractivity contribution in [1.29, 1.82) is 5.26 Å². The zero-order chi connectivity index (χ0) is 13.8. The van der Waals surface area contributed by atoms with E-state index in [2.05, 4.69) is 39.1 Å². The highest BCUT2D eigenvalue weighted by atomic mass is 16.2. The fourth-order valence-corrected chi connectivity index (χ4v) is 2.99. The first-order chi connectivity index (χ1) is 8.43. The Morgan fingerprint density at radius 2 is 1.72 bits per heavy atom. The summed E-state index contributed by atoms with van der Waals surface area (Å²) in [7, 11) is 0. The largest absolute Gasteiger partial charge is 0.354 e. The molecule has 1 N–H and O–H groups in total. The van der Waals surface area contributed by atoms with E-state index in [4.69, 9.17) is 0 Å². The summed E-state index contributed by atoms with van der Waals surface area (Å²) in [6.45, 7) is 9.44. The minimum absolute atomic E-state index is 0.0474. The van der Waals surface area contributed by atoms with E-state index in [1.807, 2.05) is 0 Å². The number of nitrogens with zero attached hydrogens (tertiary/aromatic N) is 1. The maximum Gasteiger partial charge on any atom is 0.240 e. The van der Waals surface area contributed by atoms with Crippen LogP contribution in [0.25, 0.3) is 0 Å². The van der Waals surface area contributed by atoms with Crippen LogP contribution in [-0.4, -0.2) is 12.5 Å². The van der Waals surface area contributed by atoms with Crippen LogP contribution in [0.1, 0.15) is 53.4 Å². The van der Waals surface area contributed by atoms with Crippen LogP contribution in [0.15, 0.2) is 0 Å². The monoisotopic (exact) mass is 250 g/mol. The fraction of sp³-hybridized carbons (Fsp3) is 0.867. The quantitative estimate of drug-likeness (QED) is 0.815. The summed E-state index contributed by atoms with van der Waals surface area (Å²) < 4.78 is 0. The highest BCUT2D eigenvalue weighted by Gasteiger charge is 2.41. The fourth-order valence-electron chi connectivity index (χ4n) is 2.99. The van der Waals surface area contributed by atoms with Crippen LogP contribution < -0.4 is 5.32 Å². The minimum Gasteiger partial charge on any atom is -0.354 e. The number of hydrogen-bond donors (Lipinski definition) is 1. The van der Waals surface area contributed by atoms with Crippen LogP contribution in [0.2, 0.25) is 0 Å².